The number of anilines is 1. The van der Waals surface area contributed by atoms with Crippen LogP contribution >= 0.6 is 0 Å². The summed E-state index contributed by atoms with van der Waals surface area (Å²) in [7, 11) is -3.29. The second-order valence-corrected chi connectivity index (χ2v) is 7.63. The van der Waals surface area contributed by atoms with E-state index >= 15 is 0 Å². The van der Waals surface area contributed by atoms with Gasteiger partial charge in [-0.2, -0.15) is 0 Å². The number of rotatable bonds is 4. The van der Waals surface area contributed by atoms with Crippen molar-refractivity contribution in [2.45, 2.75) is 11.4 Å². The Morgan fingerprint density at radius 3 is 2.43 bits per heavy atom. The van der Waals surface area contributed by atoms with Crippen molar-refractivity contribution in [2.24, 2.45) is 0 Å². The van der Waals surface area contributed by atoms with E-state index in [1.165, 1.54) is 6.26 Å². The van der Waals surface area contributed by atoms with Gasteiger partial charge in [0.1, 0.15) is 0 Å². The maximum absolute atomic E-state index is 12.6. The molecule has 6 heteroatoms. The first-order valence-corrected chi connectivity index (χ1v) is 9.25. The molecule has 0 N–H and O–H groups in total. The fourth-order valence-corrected chi connectivity index (χ4v) is 3.32. The topological polar surface area (TPSA) is 57.7 Å². The van der Waals surface area contributed by atoms with Gasteiger partial charge in [0.05, 0.1) is 4.90 Å². The van der Waals surface area contributed by atoms with Crippen LogP contribution in [0.3, 0.4) is 0 Å². The van der Waals surface area contributed by atoms with Crippen LogP contribution in [0.25, 0.3) is 0 Å². The second kappa shape index (κ2) is 6.04. The number of sulfone groups is 1. The average molecular weight is 330 g/mol. The normalized spacial score (nSPS) is 15.3. The minimum atomic E-state index is -3.29. The van der Waals surface area contributed by atoms with E-state index in [0.717, 1.165) is 5.56 Å². The summed E-state index contributed by atoms with van der Waals surface area (Å²) in [6.45, 7) is 1.73. The largest absolute Gasteiger partial charge is 0.324 e. The number of hydrogen-bond acceptors (Lipinski definition) is 3. The van der Waals surface area contributed by atoms with Gasteiger partial charge in [0.2, 0.25) is 0 Å². The molecule has 1 aliphatic heterocycles. The molecule has 0 saturated carbocycles. The number of nitrogens with zero attached hydrogens (tertiary/aromatic N) is 2. The monoisotopic (exact) mass is 330 g/mol. The van der Waals surface area contributed by atoms with Crippen LogP contribution < -0.4 is 4.90 Å². The molecule has 1 aliphatic rings. The highest BCUT2D eigenvalue weighted by atomic mass is 32.2. The Hall–Kier alpha value is -2.34. The lowest BCUT2D eigenvalue weighted by Gasteiger charge is -2.19. The van der Waals surface area contributed by atoms with Crippen molar-refractivity contribution in [2.75, 3.05) is 24.2 Å². The molecule has 1 fully saturated rings. The van der Waals surface area contributed by atoms with E-state index in [-0.39, 0.29) is 10.9 Å². The SMILES string of the molecule is CS(=O)(=O)c1cccc(N2CCN(Cc3ccccc3)C2=O)c1. The third-order valence-corrected chi connectivity index (χ3v) is 4.98. The zero-order valence-corrected chi connectivity index (χ0v) is 13.7. The molecule has 1 heterocycles. The van der Waals surface area contributed by atoms with Crippen LogP contribution in [0.5, 0.6) is 0 Å². The number of urea groups is 1. The Labute approximate surface area is 136 Å². The standard InChI is InChI=1S/C17H18N2O3S/c1-23(21,22)16-9-5-8-15(12-16)19-11-10-18(17(19)20)13-14-6-3-2-4-7-14/h2-9,12H,10-11,13H2,1H3. The van der Waals surface area contributed by atoms with E-state index < -0.39 is 9.84 Å². The van der Waals surface area contributed by atoms with Crippen molar-refractivity contribution < 1.29 is 13.2 Å². The van der Waals surface area contributed by atoms with Crippen LogP contribution in [0, 0.1) is 0 Å². The lowest BCUT2D eigenvalue weighted by atomic mass is 10.2. The van der Waals surface area contributed by atoms with E-state index in [0.29, 0.717) is 25.3 Å². The van der Waals surface area contributed by atoms with Crippen molar-refractivity contribution in [1.82, 2.24) is 4.90 Å². The summed E-state index contributed by atoms with van der Waals surface area (Å²) in [5.41, 5.74) is 1.70. The van der Waals surface area contributed by atoms with E-state index in [2.05, 4.69) is 0 Å². The average Bonchev–Trinajstić information content (AvgIpc) is 2.89. The van der Waals surface area contributed by atoms with Gasteiger partial charge in [-0.3, -0.25) is 4.90 Å². The van der Waals surface area contributed by atoms with Gasteiger partial charge in [-0.05, 0) is 23.8 Å². The molecule has 23 heavy (non-hydrogen) atoms. The summed E-state index contributed by atoms with van der Waals surface area (Å²) in [6.07, 6.45) is 1.17. The van der Waals surface area contributed by atoms with Gasteiger partial charge >= 0.3 is 6.03 Å². The fraction of sp³-hybridized carbons (Fsp3) is 0.235. The molecule has 3 rings (SSSR count). The Morgan fingerprint density at radius 1 is 1.00 bits per heavy atom. The molecule has 2 aromatic carbocycles. The van der Waals surface area contributed by atoms with E-state index in [1.807, 2.05) is 30.3 Å². The second-order valence-electron chi connectivity index (χ2n) is 5.61. The number of carbonyl (C=O) groups is 1. The van der Waals surface area contributed by atoms with Crippen LogP contribution in [-0.2, 0) is 16.4 Å². The summed E-state index contributed by atoms with van der Waals surface area (Å²) in [5, 5.41) is 0. The molecular formula is C17H18N2O3S. The zero-order chi connectivity index (χ0) is 16.4. The quantitative estimate of drug-likeness (QED) is 0.865. The van der Waals surface area contributed by atoms with Crippen molar-refractivity contribution in [3.8, 4) is 0 Å². The molecule has 0 aromatic heterocycles. The first-order valence-electron chi connectivity index (χ1n) is 7.35. The predicted octanol–water partition coefficient (Wildman–Crippen LogP) is 2.53. The maximum atomic E-state index is 12.6. The lowest BCUT2D eigenvalue weighted by molar-refractivity contribution is 0.219. The summed E-state index contributed by atoms with van der Waals surface area (Å²) in [4.78, 5) is 16.2. The predicted molar refractivity (Wildman–Crippen MR) is 89.1 cm³/mol. The van der Waals surface area contributed by atoms with E-state index in [4.69, 9.17) is 0 Å². The smallest absolute Gasteiger partial charge is 0.318 e. The minimum Gasteiger partial charge on any atom is -0.318 e. The van der Waals surface area contributed by atoms with Crippen molar-refractivity contribution in [3.63, 3.8) is 0 Å². The van der Waals surface area contributed by atoms with Crippen LogP contribution in [0.15, 0.2) is 59.5 Å². The third kappa shape index (κ3) is 3.37. The third-order valence-electron chi connectivity index (χ3n) is 3.87. The Balaban J connectivity index is 1.79. The molecule has 0 aliphatic carbocycles. The molecule has 1 saturated heterocycles. The van der Waals surface area contributed by atoms with Crippen LogP contribution in [0.2, 0.25) is 0 Å². The molecular weight excluding hydrogens is 312 g/mol. The number of amides is 2. The van der Waals surface area contributed by atoms with Gasteiger partial charge in [-0.25, -0.2) is 13.2 Å². The van der Waals surface area contributed by atoms with Gasteiger partial charge in [0, 0.05) is 31.6 Å². The molecule has 2 aromatic rings. The first kappa shape index (κ1) is 15.6. The lowest BCUT2D eigenvalue weighted by Crippen LogP contribution is -2.31. The number of carbonyl (C=O) groups excluding carboxylic acids is 1. The highest BCUT2D eigenvalue weighted by Gasteiger charge is 2.29. The van der Waals surface area contributed by atoms with E-state index in [1.54, 1.807) is 34.1 Å². The minimum absolute atomic E-state index is 0.0977. The Kier molecular flexibility index (Phi) is 4.09. The zero-order valence-electron chi connectivity index (χ0n) is 12.8. The molecule has 0 unspecified atom stereocenters. The molecule has 0 atom stereocenters. The maximum Gasteiger partial charge on any atom is 0.324 e. The van der Waals surface area contributed by atoms with Crippen molar-refractivity contribution >= 4 is 21.6 Å². The molecule has 5 nitrogen and oxygen atoms in total. The van der Waals surface area contributed by atoms with Crippen LogP contribution in [-0.4, -0.2) is 38.7 Å². The first-order chi connectivity index (χ1) is 10.9. The molecule has 2 amide bonds. The van der Waals surface area contributed by atoms with Gasteiger partial charge in [-0.15, -0.1) is 0 Å². The fourth-order valence-electron chi connectivity index (χ4n) is 2.65. The van der Waals surface area contributed by atoms with Gasteiger partial charge in [0.15, 0.2) is 9.84 Å². The molecule has 0 radical (unpaired) electrons. The van der Waals surface area contributed by atoms with E-state index in [9.17, 15) is 13.2 Å². The molecule has 0 spiro atoms. The molecule has 120 valence electrons. The highest BCUT2D eigenvalue weighted by molar-refractivity contribution is 7.90. The summed E-state index contributed by atoms with van der Waals surface area (Å²) in [5.74, 6) is 0. The molecule has 0 bridgehead atoms. The summed E-state index contributed by atoms with van der Waals surface area (Å²) in [6, 6.07) is 16.2. The van der Waals surface area contributed by atoms with Gasteiger partial charge < -0.3 is 4.90 Å². The summed E-state index contributed by atoms with van der Waals surface area (Å²) < 4.78 is 23.3. The van der Waals surface area contributed by atoms with Crippen LogP contribution in [0.4, 0.5) is 10.5 Å². The van der Waals surface area contributed by atoms with Crippen LogP contribution in [0.1, 0.15) is 5.56 Å². The summed E-state index contributed by atoms with van der Waals surface area (Å²) >= 11 is 0. The number of benzene rings is 2. The van der Waals surface area contributed by atoms with Gasteiger partial charge in [-0.1, -0.05) is 36.4 Å². The Bertz CT molecular complexity index is 819. The highest BCUT2D eigenvalue weighted by Crippen LogP contribution is 2.24. The van der Waals surface area contributed by atoms with Crippen molar-refractivity contribution in [3.05, 3.63) is 60.2 Å². The Morgan fingerprint density at radius 2 is 1.74 bits per heavy atom. The number of hydrogen-bond donors (Lipinski definition) is 0. The van der Waals surface area contributed by atoms with Crippen molar-refractivity contribution in [1.29, 1.82) is 0 Å². The van der Waals surface area contributed by atoms with Gasteiger partial charge in [0.25, 0.3) is 0 Å².